The molecule has 10 heteroatoms. The largest absolute Gasteiger partial charge is 0.497 e. The van der Waals surface area contributed by atoms with E-state index < -0.39 is 23.9 Å². The second kappa shape index (κ2) is 7.66. The number of pyridine rings is 1. The Hall–Kier alpha value is -3.47. The van der Waals surface area contributed by atoms with Crippen LogP contribution in [0, 0.1) is 22.7 Å². The molecule has 0 amide bonds. The molecule has 1 fully saturated rings. The van der Waals surface area contributed by atoms with Gasteiger partial charge in [0.2, 0.25) is 0 Å². The Bertz CT molecular complexity index is 1170. The van der Waals surface area contributed by atoms with Crippen molar-refractivity contribution in [3.8, 4) is 34.8 Å². The summed E-state index contributed by atoms with van der Waals surface area (Å²) < 4.78 is 23.4. The van der Waals surface area contributed by atoms with Crippen LogP contribution in [0.5, 0.6) is 11.5 Å². The Balaban J connectivity index is 2.45. The van der Waals surface area contributed by atoms with Gasteiger partial charge in [0.15, 0.2) is 0 Å². The molecule has 1 saturated heterocycles. The van der Waals surface area contributed by atoms with Crippen LogP contribution >= 0.6 is 0 Å². The van der Waals surface area contributed by atoms with Crippen LogP contribution in [-0.4, -0.2) is 37.5 Å². The van der Waals surface area contributed by atoms with Gasteiger partial charge in [-0.1, -0.05) is 0 Å². The summed E-state index contributed by atoms with van der Waals surface area (Å²) in [5, 5.41) is 19.5. The number of benzene rings is 1. The normalized spacial score (nSPS) is 16.5. The number of H-pyrrole nitrogens is 1. The molecule has 1 aromatic heterocycles. The highest BCUT2D eigenvalue weighted by atomic mass is 16.7. The number of anilines is 1. The van der Waals surface area contributed by atoms with Crippen LogP contribution in [0.25, 0.3) is 11.1 Å². The van der Waals surface area contributed by atoms with Crippen LogP contribution in [0.4, 0.5) is 5.82 Å². The Labute approximate surface area is 180 Å². The summed E-state index contributed by atoms with van der Waals surface area (Å²) >= 11 is 0. The minimum absolute atomic E-state index is 0.0514. The molecular formula is C21H23BN4O5. The van der Waals surface area contributed by atoms with Gasteiger partial charge in [-0.25, -0.2) is 0 Å². The molecule has 0 radical (unpaired) electrons. The van der Waals surface area contributed by atoms with Gasteiger partial charge in [-0.05, 0) is 39.2 Å². The number of nitrogen functional groups attached to an aromatic ring is 1. The highest BCUT2D eigenvalue weighted by molar-refractivity contribution is 6.64. The van der Waals surface area contributed by atoms with E-state index >= 15 is 0 Å². The van der Waals surface area contributed by atoms with Crippen LogP contribution < -0.4 is 26.2 Å². The molecular weight excluding hydrogens is 399 g/mol. The van der Waals surface area contributed by atoms with Crippen molar-refractivity contribution in [1.29, 1.82) is 10.5 Å². The number of ether oxygens (including phenoxy) is 2. The Morgan fingerprint density at radius 1 is 1.00 bits per heavy atom. The number of hydrogen-bond acceptors (Lipinski definition) is 8. The first-order chi connectivity index (χ1) is 14.5. The van der Waals surface area contributed by atoms with E-state index in [1.165, 1.54) is 14.2 Å². The maximum Gasteiger partial charge on any atom is 0.495 e. The van der Waals surface area contributed by atoms with E-state index in [0.717, 1.165) is 0 Å². The number of rotatable bonds is 4. The summed E-state index contributed by atoms with van der Waals surface area (Å²) in [6.07, 6.45) is 0. The molecule has 31 heavy (non-hydrogen) atoms. The van der Waals surface area contributed by atoms with Gasteiger partial charge in [0, 0.05) is 17.2 Å². The maximum absolute atomic E-state index is 12.5. The fourth-order valence-corrected chi connectivity index (χ4v) is 3.41. The topological polar surface area (TPSA) is 143 Å². The fourth-order valence-electron chi connectivity index (χ4n) is 3.41. The standard InChI is InChI=1S/C21H23BN4O5/c1-20(2)21(3,4)31-22(30-20)14-7-11(28-5)8-15(29-6)17(14)16-12(9-23)18(25)26-19(27)13(16)10-24/h7-8H,1-6H3,(H3,25,26,27). The van der Waals surface area contributed by atoms with Gasteiger partial charge in [-0.2, -0.15) is 10.5 Å². The number of methoxy groups -OCH3 is 2. The molecule has 0 saturated carbocycles. The number of hydrogen-bond donors (Lipinski definition) is 2. The van der Waals surface area contributed by atoms with Crippen molar-refractivity contribution in [3.05, 3.63) is 33.6 Å². The molecule has 1 aliphatic heterocycles. The van der Waals surface area contributed by atoms with Gasteiger partial charge in [-0.15, -0.1) is 0 Å². The zero-order valence-electron chi connectivity index (χ0n) is 18.2. The van der Waals surface area contributed by atoms with Gasteiger partial charge >= 0.3 is 7.12 Å². The molecule has 0 spiro atoms. The number of nitrogens with one attached hydrogen (secondary N) is 1. The zero-order chi connectivity index (χ0) is 23.1. The fraction of sp³-hybridized carbons (Fsp3) is 0.381. The van der Waals surface area contributed by atoms with Gasteiger partial charge in [0.25, 0.3) is 5.56 Å². The molecule has 2 aromatic rings. The first kappa shape index (κ1) is 22.2. The summed E-state index contributed by atoms with van der Waals surface area (Å²) in [5.41, 5.74) is 4.34. The molecule has 0 unspecified atom stereocenters. The van der Waals surface area contributed by atoms with Crippen molar-refractivity contribution in [3.63, 3.8) is 0 Å². The summed E-state index contributed by atoms with van der Waals surface area (Å²) in [7, 11) is 2.04. The van der Waals surface area contributed by atoms with Crippen LogP contribution in [0.3, 0.4) is 0 Å². The number of nitriles is 2. The summed E-state index contributed by atoms with van der Waals surface area (Å²) in [5.74, 6) is 0.557. The predicted molar refractivity (Wildman–Crippen MR) is 115 cm³/mol. The van der Waals surface area contributed by atoms with Gasteiger partial charge in [0.1, 0.15) is 40.6 Å². The monoisotopic (exact) mass is 422 g/mol. The van der Waals surface area contributed by atoms with E-state index in [0.29, 0.717) is 16.8 Å². The lowest BCUT2D eigenvalue weighted by Crippen LogP contribution is -2.41. The summed E-state index contributed by atoms with van der Waals surface area (Å²) in [4.78, 5) is 14.8. The van der Waals surface area contributed by atoms with Crippen molar-refractivity contribution in [2.75, 3.05) is 20.0 Å². The zero-order valence-corrected chi connectivity index (χ0v) is 18.2. The average molecular weight is 422 g/mol. The number of nitrogens with two attached hydrogens (primary N) is 1. The van der Waals surface area contributed by atoms with Crippen molar-refractivity contribution < 1.29 is 18.8 Å². The average Bonchev–Trinajstić information content (AvgIpc) is 2.93. The van der Waals surface area contributed by atoms with Crippen molar-refractivity contribution in [2.24, 2.45) is 0 Å². The van der Waals surface area contributed by atoms with Crippen molar-refractivity contribution in [1.82, 2.24) is 4.98 Å². The molecule has 2 heterocycles. The molecule has 0 atom stereocenters. The van der Waals surface area contributed by atoms with Crippen LogP contribution in [0.2, 0.25) is 0 Å². The molecule has 3 N–H and O–H groups in total. The Kier molecular flexibility index (Phi) is 5.49. The maximum atomic E-state index is 12.5. The number of aromatic nitrogens is 1. The SMILES string of the molecule is COc1cc(OC)c(-c2c(C#N)c(N)[nH]c(=O)c2C#N)c(B2OC(C)(C)C(C)(C)O2)c1. The van der Waals surface area contributed by atoms with Crippen molar-refractivity contribution in [2.45, 2.75) is 38.9 Å². The Morgan fingerprint density at radius 3 is 2.06 bits per heavy atom. The van der Waals surface area contributed by atoms with Crippen LogP contribution in [0.1, 0.15) is 38.8 Å². The molecule has 0 bridgehead atoms. The molecule has 0 aliphatic carbocycles. The van der Waals surface area contributed by atoms with Crippen molar-refractivity contribution >= 4 is 18.4 Å². The van der Waals surface area contributed by atoms with E-state index in [1.54, 1.807) is 12.1 Å². The van der Waals surface area contributed by atoms with Gasteiger partial charge < -0.3 is 29.5 Å². The minimum atomic E-state index is -0.886. The number of nitrogens with zero attached hydrogens (tertiary/aromatic N) is 2. The highest BCUT2D eigenvalue weighted by Crippen LogP contribution is 2.41. The third-order valence-corrected chi connectivity index (χ3v) is 5.79. The molecule has 160 valence electrons. The predicted octanol–water partition coefficient (Wildman–Crippen LogP) is 1.68. The number of aromatic amines is 1. The van der Waals surface area contributed by atoms with Crippen LogP contribution in [-0.2, 0) is 9.31 Å². The van der Waals surface area contributed by atoms with E-state index in [2.05, 4.69) is 4.98 Å². The second-order valence-corrected chi connectivity index (χ2v) is 8.10. The van der Waals surface area contributed by atoms with Gasteiger partial charge in [0.05, 0.1) is 25.4 Å². The van der Waals surface area contributed by atoms with Gasteiger partial charge in [-0.3, -0.25) is 4.79 Å². The lowest BCUT2D eigenvalue weighted by Gasteiger charge is -2.32. The van der Waals surface area contributed by atoms with E-state index in [4.69, 9.17) is 24.5 Å². The van der Waals surface area contributed by atoms with E-state index in [1.807, 2.05) is 39.8 Å². The quantitative estimate of drug-likeness (QED) is 0.709. The first-order valence-electron chi connectivity index (χ1n) is 9.49. The lowest BCUT2D eigenvalue weighted by atomic mass is 9.73. The third kappa shape index (κ3) is 3.50. The second-order valence-electron chi connectivity index (χ2n) is 8.10. The molecule has 1 aliphatic rings. The first-order valence-corrected chi connectivity index (χ1v) is 9.49. The molecule has 3 rings (SSSR count). The summed E-state index contributed by atoms with van der Waals surface area (Å²) in [6.45, 7) is 7.60. The Morgan fingerprint density at radius 2 is 1.58 bits per heavy atom. The summed E-state index contributed by atoms with van der Waals surface area (Å²) in [6, 6.07) is 7.11. The van der Waals surface area contributed by atoms with Crippen LogP contribution in [0.15, 0.2) is 16.9 Å². The molecule has 9 nitrogen and oxygen atoms in total. The molecule has 1 aromatic carbocycles. The minimum Gasteiger partial charge on any atom is -0.497 e. The van der Waals surface area contributed by atoms with E-state index in [-0.39, 0.29) is 28.3 Å². The third-order valence-electron chi connectivity index (χ3n) is 5.79. The lowest BCUT2D eigenvalue weighted by molar-refractivity contribution is 0.00578. The van der Waals surface area contributed by atoms with E-state index in [9.17, 15) is 15.3 Å². The smallest absolute Gasteiger partial charge is 0.495 e. The highest BCUT2D eigenvalue weighted by Gasteiger charge is 2.53.